The van der Waals surface area contributed by atoms with Gasteiger partial charge in [0.15, 0.2) is 0 Å². The maximum Gasteiger partial charge on any atom is 0.326 e. The fraction of sp³-hybridized carbons (Fsp3) is 0.579. The van der Waals surface area contributed by atoms with Crippen LogP contribution in [0.2, 0.25) is 0 Å². The van der Waals surface area contributed by atoms with Crippen molar-refractivity contribution in [1.82, 2.24) is 4.90 Å². The fourth-order valence-corrected chi connectivity index (χ4v) is 5.82. The average Bonchev–Trinajstić information content (AvgIpc) is 2.99. The molecule has 120 valence electrons. The molecular weight excluding hydrogens is 290 g/mol. The van der Waals surface area contributed by atoms with Crippen molar-refractivity contribution < 1.29 is 14.7 Å². The summed E-state index contributed by atoms with van der Waals surface area (Å²) in [5, 5.41) is 9.61. The molecule has 3 fully saturated rings. The Bertz CT molecular complexity index is 684. The summed E-state index contributed by atoms with van der Waals surface area (Å²) in [5.74, 6) is 1.95. The maximum atomic E-state index is 13.1. The van der Waals surface area contributed by atoms with Gasteiger partial charge in [-0.1, -0.05) is 24.3 Å². The zero-order chi connectivity index (χ0) is 15.7. The van der Waals surface area contributed by atoms with Gasteiger partial charge in [0.05, 0.1) is 0 Å². The first kappa shape index (κ1) is 13.6. The second-order valence-electron chi connectivity index (χ2n) is 7.81. The van der Waals surface area contributed by atoms with Crippen LogP contribution >= 0.6 is 0 Å². The van der Waals surface area contributed by atoms with Crippen molar-refractivity contribution in [3.63, 3.8) is 0 Å². The number of carbonyl (C=O) groups excluding carboxylic acids is 1. The second kappa shape index (κ2) is 4.59. The number of rotatable bonds is 2. The Morgan fingerprint density at radius 1 is 1.04 bits per heavy atom. The van der Waals surface area contributed by atoms with Gasteiger partial charge in [-0.25, -0.2) is 4.79 Å². The van der Waals surface area contributed by atoms with Gasteiger partial charge >= 0.3 is 5.97 Å². The van der Waals surface area contributed by atoms with Crippen LogP contribution in [0.1, 0.15) is 30.4 Å². The van der Waals surface area contributed by atoms with E-state index >= 15 is 0 Å². The molecule has 4 aliphatic rings. The molecule has 1 N–H and O–H groups in total. The number of benzene rings is 1. The predicted octanol–water partition coefficient (Wildman–Crippen LogP) is 2.32. The molecule has 5 unspecified atom stereocenters. The zero-order valence-corrected chi connectivity index (χ0v) is 13.0. The van der Waals surface area contributed by atoms with Crippen LogP contribution < -0.4 is 0 Å². The number of hydrogen-bond acceptors (Lipinski definition) is 2. The van der Waals surface area contributed by atoms with Gasteiger partial charge in [0.25, 0.3) is 0 Å². The van der Waals surface area contributed by atoms with E-state index in [1.54, 1.807) is 4.90 Å². The second-order valence-corrected chi connectivity index (χ2v) is 7.81. The molecule has 0 radical (unpaired) electrons. The number of hydrogen-bond donors (Lipinski definition) is 1. The SMILES string of the molecule is O=C(O)C1Cc2ccccc2CN1C(=O)C1C2C3CCC(C3)C12. The van der Waals surface area contributed by atoms with Crippen LogP contribution in [0.5, 0.6) is 0 Å². The molecule has 1 aromatic carbocycles. The summed E-state index contributed by atoms with van der Waals surface area (Å²) < 4.78 is 0. The van der Waals surface area contributed by atoms with Gasteiger partial charge in [-0.3, -0.25) is 4.79 Å². The van der Waals surface area contributed by atoms with Gasteiger partial charge in [0.1, 0.15) is 6.04 Å². The highest BCUT2D eigenvalue weighted by molar-refractivity contribution is 5.88. The van der Waals surface area contributed by atoms with Crippen molar-refractivity contribution in [3.8, 4) is 0 Å². The highest BCUT2D eigenvalue weighted by Gasteiger charge is 2.68. The largest absolute Gasteiger partial charge is 0.480 e. The van der Waals surface area contributed by atoms with E-state index in [0.717, 1.165) is 23.0 Å². The van der Waals surface area contributed by atoms with Gasteiger partial charge in [0.2, 0.25) is 5.91 Å². The monoisotopic (exact) mass is 311 g/mol. The Labute approximate surface area is 135 Å². The van der Waals surface area contributed by atoms with Gasteiger partial charge in [0, 0.05) is 18.9 Å². The maximum absolute atomic E-state index is 13.1. The number of carboxylic acid groups (broad SMARTS) is 1. The quantitative estimate of drug-likeness (QED) is 0.912. The van der Waals surface area contributed by atoms with E-state index in [1.165, 1.54) is 19.3 Å². The topological polar surface area (TPSA) is 57.6 Å². The highest BCUT2D eigenvalue weighted by atomic mass is 16.4. The highest BCUT2D eigenvalue weighted by Crippen LogP contribution is 2.69. The van der Waals surface area contributed by atoms with E-state index in [4.69, 9.17) is 0 Å². The zero-order valence-electron chi connectivity index (χ0n) is 13.0. The molecule has 1 aliphatic heterocycles. The molecule has 5 rings (SSSR count). The lowest BCUT2D eigenvalue weighted by Crippen LogP contribution is -2.49. The predicted molar refractivity (Wildman–Crippen MR) is 83.4 cm³/mol. The van der Waals surface area contributed by atoms with Crippen LogP contribution in [0, 0.1) is 29.6 Å². The summed E-state index contributed by atoms with van der Waals surface area (Å²) in [6.45, 7) is 0.456. The van der Waals surface area contributed by atoms with Crippen molar-refractivity contribution in [2.45, 2.75) is 38.3 Å². The van der Waals surface area contributed by atoms with Crippen LogP contribution in [-0.4, -0.2) is 27.9 Å². The van der Waals surface area contributed by atoms with Gasteiger partial charge < -0.3 is 10.0 Å². The molecule has 0 aromatic heterocycles. The van der Waals surface area contributed by atoms with Crippen molar-refractivity contribution in [1.29, 1.82) is 0 Å². The molecule has 5 atom stereocenters. The number of carboxylic acids is 1. The molecule has 1 aromatic rings. The lowest BCUT2D eigenvalue weighted by atomic mass is 9.92. The third-order valence-corrected chi connectivity index (χ3v) is 6.84. The molecule has 3 saturated carbocycles. The molecule has 3 aliphatic carbocycles. The minimum Gasteiger partial charge on any atom is -0.480 e. The molecule has 0 spiro atoms. The van der Waals surface area contributed by atoms with E-state index in [0.29, 0.717) is 24.8 Å². The third kappa shape index (κ3) is 1.84. The Balaban J connectivity index is 1.43. The van der Waals surface area contributed by atoms with Crippen molar-refractivity contribution in [3.05, 3.63) is 35.4 Å². The summed E-state index contributed by atoms with van der Waals surface area (Å²) in [6, 6.07) is 7.22. The van der Waals surface area contributed by atoms with Gasteiger partial charge in [-0.2, -0.15) is 0 Å². The van der Waals surface area contributed by atoms with E-state index in [9.17, 15) is 14.7 Å². The van der Waals surface area contributed by atoms with E-state index in [2.05, 4.69) is 0 Å². The Hall–Kier alpha value is -1.84. The standard InChI is InChI=1S/C19H21NO3/c21-18(17-15-11-5-6-12(7-11)16(15)17)20-9-13-4-2-1-3-10(13)8-14(20)19(22)23/h1-4,11-12,14-17H,5-9H2,(H,22,23). The number of aliphatic carboxylic acids is 1. The first-order valence-electron chi connectivity index (χ1n) is 8.75. The third-order valence-electron chi connectivity index (χ3n) is 6.84. The molecule has 1 heterocycles. The summed E-state index contributed by atoms with van der Waals surface area (Å²) in [6.07, 6.45) is 4.30. The Kier molecular flexibility index (Phi) is 2.71. The van der Waals surface area contributed by atoms with E-state index < -0.39 is 12.0 Å². The summed E-state index contributed by atoms with van der Waals surface area (Å²) in [5.41, 5.74) is 2.17. The molecule has 2 bridgehead atoms. The van der Waals surface area contributed by atoms with Crippen LogP contribution in [0.15, 0.2) is 24.3 Å². The average molecular weight is 311 g/mol. The Morgan fingerprint density at radius 3 is 2.35 bits per heavy atom. The smallest absolute Gasteiger partial charge is 0.326 e. The molecular formula is C19H21NO3. The number of nitrogens with zero attached hydrogens (tertiary/aromatic N) is 1. The molecule has 0 saturated heterocycles. The van der Waals surface area contributed by atoms with Gasteiger partial charge in [-0.05, 0) is 54.1 Å². The van der Waals surface area contributed by atoms with Crippen molar-refractivity contribution in [2.24, 2.45) is 29.6 Å². The first-order chi connectivity index (χ1) is 11.1. The first-order valence-corrected chi connectivity index (χ1v) is 8.75. The minimum absolute atomic E-state index is 0.110. The minimum atomic E-state index is -0.873. The fourth-order valence-electron chi connectivity index (χ4n) is 5.82. The molecule has 1 amide bonds. The normalized spacial score (nSPS) is 39.7. The summed E-state index contributed by atoms with van der Waals surface area (Å²) in [7, 11) is 0. The lowest BCUT2D eigenvalue weighted by molar-refractivity contribution is -0.152. The van der Waals surface area contributed by atoms with Crippen LogP contribution in [0.4, 0.5) is 0 Å². The van der Waals surface area contributed by atoms with Crippen LogP contribution in [0.3, 0.4) is 0 Å². The Morgan fingerprint density at radius 2 is 1.70 bits per heavy atom. The number of carbonyl (C=O) groups is 2. The molecule has 4 heteroatoms. The molecule has 4 nitrogen and oxygen atoms in total. The number of amides is 1. The summed E-state index contributed by atoms with van der Waals surface area (Å²) >= 11 is 0. The van der Waals surface area contributed by atoms with E-state index in [1.807, 2.05) is 24.3 Å². The van der Waals surface area contributed by atoms with Gasteiger partial charge in [-0.15, -0.1) is 0 Å². The van der Waals surface area contributed by atoms with Crippen molar-refractivity contribution in [2.75, 3.05) is 0 Å². The van der Waals surface area contributed by atoms with E-state index in [-0.39, 0.29) is 11.8 Å². The summed E-state index contributed by atoms with van der Waals surface area (Å²) in [4.78, 5) is 26.5. The lowest BCUT2D eigenvalue weighted by Gasteiger charge is -2.35. The molecule has 23 heavy (non-hydrogen) atoms. The van der Waals surface area contributed by atoms with Crippen LogP contribution in [0.25, 0.3) is 0 Å². The van der Waals surface area contributed by atoms with Crippen molar-refractivity contribution >= 4 is 11.9 Å². The number of fused-ring (bicyclic) bond motifs is 6. The van der Waals surface area contributed by atoms with Crippen LogP contribution in [-0.2, 0) is 22.6 Å².